The van der Waals surface area contributed by atoms with Gasteiger partial charge in [0, 0.05) is 85.6 Å². The van der Waals surface area contributed by atoms with Gasteiger partial charge in [-0.05, 0) is 56.9 Å². The first-order chi connectivity index (χ1) is 24.6. The number of hydrogen-bond acceptors (Lipinski definition) is 11. The van der Waals surface area contributed by atoms with E-state index in [0.29, 0.717) is 32.2 Å². The number of hydrazine groups is 1. The molecule has 12 nitrogen and oxygen atoms in total. The van der Waals surface area contributed by atoms with Crippen LogP contribution < -0.4 is 21.4 Å². The van der Waals surface area contributed by atoms with Gasteiger partial charge in [0.2, 0.25) is 0 Å². The maximum atomic E-state index is 13.5. The number of aromatic nitrogens is 3. The molecule has 3 aliphatic heterocycles. The zero-order valence-corrected chi connectivity index (χ0v) is 31.1. The van der Waals surface area contributed by atoms with Crippen LogP contribution in [0.4, 0.5) is 5.69 Å². The van der Waals surface area contributed by atoms with Crippen LogP contribution in [-0.4, -0.2) is 89.9 Å². The number of nitrogens with zero attached hydrogens (tertiary/aromatic N) is 5. The molecular weight excluding hydrogens is 665 g/mol. The number of nitrogens with two attached hydrogens (primary N) is 1. The fraction of sp³-hybridized carbons (Fsp3) is 0.526. The Balaban J connectivity index is 1.41. The van der Waals surface area contributed by atoms with E-state index < -0.39 is 17.5 Å². The summed E-state index contributed by atoms with van der Waals surface area (Å²) in [5.41, 5.74) is 17.4. The van der Waals surface area contributed by atoms with E-state index in [-0.39, 0.29) is 24.6 Å². The first-order valence-electron chi connectivity index (χ1n) is 18.1. The molecule has 51 heavy (non-hydrogen) atoms. The molecule has 4 aromatic rings. The molecule has 1 amide bonds. The third-order valence-corrected chi connectivity index (χ3v) is 11.3. The van der Waals surface area contributed by atoms with E-state index in [2.05, 4.69) is 65.2 Å². The molecule has 6 bridgehead atoms. The van der Waals surface area contributed by atoms with Crippen molar-refractivity contribution in [2.24, 2.45) is 11.1 Å². The van der Waals surface area contributed by atoms with E-state index >= 15 is 0 Å². The molecule has 2 saturated heterocycles. The smallest absolute Gasteiger partial charge is 0.324 e. The highest BCUT2D eigenvalue weighted by Crippen LogP contribution is 2.43. The molecule has 1 aromatic carbocycles. The number of cyclic esters (lactones) is 1. The quantitative estimate of drug-likeness (QED) is 0.254. The minimum atomic E-state index is -0.784. The number of benzene rings is 1. The second-order valence-corrected chi connectivity index (χ2v) is 15.7. The molecule has 2 fully saturated rings. The fourth-order valence-electron chi connectivity index (χ4n) is 7.61. The summed E-state index contributed by atoms with van der Waals surface area (Å²) in [6, 6.07) is 7.44. The van der Waals surface area contributed by atoms with E-state index in [1.54, 1.807) is 7.11 Å². The zero-order chi connectivity index (χ0) is 35.9. The first kappa shape index (κ1) is 35.5. The molecule has 3 atom stereocenters. The highest BCUT2D eigenvalue weighted by molar-refractivity contribution is 7.10. The Kier molecular flexibility index (Phi) is 10.2. The Morgan fingerprint density at radius 2 is 1.98 bits per heavy atom. The number of ether oxygens (including phenoxy) is 2. The van der Waals surface area contributed by atoms with Crippen molar-refractivity contribution in [2.75, 3.05) is 51.3 Å². The predicted molar refractivity (Wildman–Crippen MR) is 200 cm³/mol. The number of fused-ring (bicyclic) bond motifs is 6. The molecule has 0 saturated carbocycles. The highest BCUT2D eigenvalue weighted by Gasteiger charge is 2.34. The summed E-state index contributed by atoms with van der Waals surface area (Å²) in [5, 5.41) is 8.91. The number of hydrogen-bond donors (Lipinski definition) is 3. The minimum Gasteiger partial charge on any atom is -0.464 e. The van der Waals surface area contributed by atoms with Crippen molar-refractivity contribution in [1.29, 1.82) is 0 Å². The summed E-state index contributed by atoms with van der Waals surface area (Å²) in [7, 11) is 1.73. The highest BCUT2D eigenvalue weighted by atomic mass is 32.1. The van der Waals surface area contributed by atoms with E-state index in [9.17, 15) is 9.59 Å². The van der Waals surface area contributed by atoms with Gasteiger partial charge < -0.3 is 30.0 Å². The van der Waals surface area contributed by atoms with Crippen LogP contribution in [0, 0.1) is 5.41 Å². The zero-order valence-electron chi connectivity index (χ0n) is 30.3. The minimum absolute atomic E-state index is 0.214. The fourth-order valence-corrected chi connectivity index (χ4v) is 8.47. The number of amides is 1. The van der Waals surface area contributed by atoms with Crippen LogP contribution in [0.2, 0.25) is 0 Å². The predicted octanol–water partition coefficient (Wildman–Crippen LogP) is 4.45. The van der Waals surface area contributed by atoms with E-state index in [4.69, 9.17) is 25.2 Å². The molecular formula is C38H50N8O4S. The Morgan fingerprint density at radius 3 is 2.75 bits per heavy atom. The van der Waals surface area contributed by atoms with Gasteiger partial charge in [0.25, 0.3) is 5.91 Å². The van der Waals surface area contributed by atoms with Crippen LogP contribution in [0.1, 0.15) is 62.9 Å². The normalized spacial score (nSPS) is 22.2. The van der Waals surface area contributed by atoms with Crippen molar-refractivity contribution in [3.05, 3.63) is 52.1 Å². The Bertz CT molecular complexity index is 1910. The lowest BCUT2D eigenvalue weighted by Gasteiger charge is -2.34. The van der Waals surface area contributed by atoms with Crippen molar-refractivity contribution in [2.45, 2.75) is 78.1 Å². The Hall–Kier alpha value is -3.88. The number of pyridine rings is 1. The van der Waals surface area contributed by atoms with Crippen molar-refractivity contribution in [1.82, 2.24) is 30.3 Å². The van der Waals surface area contributed by atoms with Gasteiger partial charge in [-0.1, -0.05) is 19.9 Å². The van der Waals surface area contributed by atoms with Crippen molar-refractivity contribution < 1.29 is 19.1 Å². The van der Waals surface area contributed by atoms with Crippen molar-refractivity contribution in [3.63, 3.8) is 0 Å². The summed E-state index contributed by atoms with van der Waals surface area (Å²) in [5.74, 6) is -0.606. The molecule has 3 aliphatic rings. The molecule has 0 aliphatic carbocycles. The summed E-state index contributed by atoms with van der Waals surface area (Å²) in [6.07, 6.45) is 3.97. The van der Waals surface area contributed by atoms with E-state index in [0.717, 1.165) is 82.5 Å². The van der Waals surface area contributed by atoms with Crippen molar-refractivity contribution in [3.8, 4) is 22.5 Å². The number of carbonyl (C=O) groups excluding carboxylic acids is 2. The summed E-state index contributed by atoms with van der Waals surface area (Å²) < 4.78 is 14.3. The van der Waals surface area contributed by atoms with Gasteiger partial charge in [0.1, 0.15) is 6.04 Å². The van der Waals surface area contributed by atoms with Gasteiger partial charge in [-0.2, -0.15) is 0 Å². The largest absolute Gasteiger partial charge is 0.464 e. The van der Waals surface area contributed by atoms with Crippen molar-refractivity contribution >= 4 is 39.8 Å². The van der Waals surface area contributed by atoms with Crippen LogP contribution in [-0.2, 0) is 38.4 Å². The van der Waals surface area contributed by atoms with Gasteiger partial charge in [0.15, 0.2) is 0 Å². The number of methoxy groups -OCH3 is 1. The molecule has 272 valence electrons. The van der Waals surface area contributed by atoms with E-state index in [1.807, 2.05) is 18.5 Å². The van der Waals surface area contributed by atoms with Gasteiger partial charge in [-0.3, -0.25) is 19.6 Å². The Labute approximate surface area is 303 Å². The van der Waals surface area contributed by atoms with Crippen LogP contribution in [0.3, 0.4) is 0 Å². The maximum Gasteiger partial charge on any atom is 0.324 e. The number of carbonyl (C=O) groups is 2. The van der Waals surface area contributed by atoms with Gasteiger partial charge >= 0.3 is 5.97 Å². The van der Waals surface area contributed by atoms with Gasteiger partial charge in [0.05, 0.1) is 52.7 Å². The number of piperazine rings is 1. The number of aryl methyl sites for hydroxylation is 1. The number of esters is 1. The average Bonchev–Trinajstić information content (AvgIpc) is 3.74. The summed E-state index contributed by atoms with van der Waals surface area (Å²) in [4.78, 5) is 39.3. The average molecular weight is 715 g/mol. The number of anilines is 1. The number of thiazole rings is 1. The lowest BCUT2D eigenvalue weighted by Crippen LogP contribution is -2.59. The third-order valence-electron chi connectivity index (χ3n) is 10.4. The maximum absolute atomic E-state index is 13.5. The lowest BCUT2D eigenvalue weighted by atomic mass is 9.84. The van der Waals surface area contributed by atoms with Crippen LogP contribution in [0.15, 0.2) is 35.8 Å². The third kappa shape index (κ3) is 7.14. The molecule has 13 heteroatoms. The van der Waals surface area contributed by atoms with Gasteiger partial charge in [-0.15, -0.1) is 11.3 Å². The first-order valence-corrected chi connectivity index (χ1v) is 19.0. The monoisotopic (exact) mass is 714 g/mol. The Morgan fingerprint density at radius 1 is 1.18 bits per heavy atom. The van der Waals surface area contributed by atoms with Crippen LogP contribution in [0.5, 0.6) is 0 Å². The van der Waals surface area contributed by atoms with E-state index in [1.165, 1.54) is 21.9 Å². The molecule has 3 aromatic heterocycles. The molecule has 6 heterocycles. The summed E-state index contributed by atoms with van der Waals surface area (Å²) >= 11 is 1.51. The summed E-state index contributed by atoms with van der Waals surface area (Å²) in [6.45, 7) is 13.6. The topological polar surface area (TPSA) is 140 Å². The molecule has 0 unspecified atom stereocenters. The molecule has 7 rings (SSSR count). The second kappa shape index (κ2) is 14.6. The molecule has 4 N–H and O–H groups in total. The van der Waals surface area contributed by atoms with Crippen LogP contribution in [0.25, 0.3) is 33.4 Å². The van der Waals surface area contributed by atoms with Crippen LogP contribution >= 0.6 is 11.3 Å². The number of rotatable bonds is 5. The molecule has 0 spiro atoms. The van der Waals surface area contributed by atoms with Gasteiger partial charge in [-0.25, -0.2) is 10.4 Å². The number of nitrogens with one attached hydrogen (secondary N) is 2. The lowest BCUT2D eigenvalue weighted by molar-refractivity contribution is -0.154. The molecule has 0 radical (unpaired) electrons. The second-order valence-electron chi connectivity index (χ2n) is 14.7. The standard InChI is InChI=1S/C38H50N8O4S/c1-6-45-32-10-9-24-16-26(32)28(35(45)27-17-25(44-14-11-40-12-15-44)20-41-34(27)23(2)49-5)19-38(3,4)22-50-37(48)30-8-7-13-46(43-30)36(47)29(39)18-33-42-31(24)21-51-33/h9-10,16-17,20-21,23,29-30,40,43H,6-8,11-15,18-19,22,39H2,1-5H3/t23-,29-,30-/m0/s1. The SMILES string of the molecule is CCn1c(-c2cc(N3CCNCC3)cnc2[C@H](C)OC)c2c3cc(ccc31)-c1csc(n1)C[C@H](N)C(=O)N1CCC[C@H](N1)C(=O)OCC(C)(C)C2.